The van der Waals surface area contributed by atoms with Crippen LogP contribution >= 0.6 is 0 Å². The van der Waals surface area contributed by atoms with Crippen molar-refractivity contribution in [3.05, 3.63) is 35.5 Å². The number of piperazine rings is 1. The van der Waals surface area contributed by atoms with Crippen molar-refractivity contribution in [1.82, 2.24) is 20.2 Å². The second-order valence-electron chi connectivity index (χ2n) is 10.3. The summed E-state index contributed by atoms with van der Waals surface area (Å²) in [6.45, 7) is 6.02. The fraction of sp³-hybridized carbons (Fsp3) is 0.593. The molecule has 2 aromatic rings. The van der Waals surface area contributed by atoms with E-state index in [0.29, 0.717) is 51.2 Å². The number of carbonyl (C=O) groups is 1. The van der Waals surface area contributed by atoms with Crippen molar-refractivity contribution in [2.75, 3.05) is 61.5 Å². The first-order valence-corrected chi connectivity index (χ1v) is 13.7. The van der Waals surface area contributed by atoms with Crippen LogP contribution in [0, 0.1) is 0 Å². The Morgan fingerprint density at radius 2 is 1.97 bits per heavy atom. The van der Waals surface area contributed by atoms with Gasteiger partial charge in [-0.25, -0.2) is 4.98 Å². The van der Waals surface area contributed by atoms with Crippen molar-refractivity contribution < 1.29 is 22.7 Å². The average molecular weight is 548 g/mol. The summed E-state index contributed by atoms with van der Waals surface area (Å²) < 4.78 is 46.4. The Morgan fingerprint density at radius 3 is 2.72 bits per heavy atom. The molecule has 5 rings (SSSR count). The number of fused-ring (bicyclic) bond motifs is 2. The third-order valence-corrected chi connectivity index (χ3v) is 7.61. The van der Waals surface area contributed by atoms with Gasteiger partial charge < -0.3 is 30.5 Å². The van der Waals surface area contributed by atoms with Crippen LogP contribution in [0.2, 0.25) is 0 Å². The van der Waals surface area contributed by atoms with Gasteiger partial charge in [0.05, 0.1) is 19.6 Å². The Balaban J connectivity index is 1.26. The fourth-order valence-corrected chi connectivity index (χ4v) is 5.54. The summed E-state index contributed by atoms with van der Waals surface area (Å²) in [5.41, 5.74) is 2.04. The minimum atomic E-state index is -4.60. The van der Waals surface area contributed by atoms with Gasteiger partial charge in [0.25, 0.3) is 0 Å². The van der Waals surface area contributed by atoms with Crippen molar-refractivity contribution in [2.24, 2.45) is 0 Å². The van der Waals surface area contributed by atoms with Crippen LogP contribution < -0.4 is 20.9 Å². The lowest BCUT2D eigenvalue weighted by Gasteiger charge is -2.35. The van der Waals surface area contributed by atoms with Gasteiger partial charge >= 0.3 is 6.18 Å². The number of amides is 1. The van der Waals surface area contributed by atoms with E-state index in [9.17, 15) is 18.0 Å². The van der Waals surface area contributed by atoms with Crippen LogP contribution in [0.1, 0.15) is 43.7 Å². The van der Waals surface area contributed by atoms with Crippen molar-refractivity contribution in [1.29, 1.82) is 0 Å². The van der Waals surface area contributed by atoms with Crippen LogP contribution in [0.25, 0.3) is 0 Å². The van der Waals surface area contributed by atoms with Gasteiger partial charge in [0.1, 0.15) is 11.4 Å². The van der Waals surface area contributed by atoms with E-state index in [2.05, 4.69) is 36.9 Å². The normalized spacial score (nSPS) is 21.7. The van der Waals surface area contributed by atoms with Crippen molar-refractivity contribution in [2.45, 2.75) is 57.3 Å². The Bertz CT molecular complexity index is 1150. The molecule has 0 radical (unpaired) electrons. The molecular formula is C27H36F3N7O2. The highest BCUT2D eigenvalue weighted by molar-refractivity contribution is 5.76. The number of carbonyl (C=O) groups excluding carboxylic acids is 1. The first kappa shape index (κ1) is 27.4. The summed E-state index contributed by atoms with van der Waals surface area (Å²) in [6, 6.07) is 7.19. The number of alkyl halides is 3. The van der Waals surface area contributed by atoms with E-state index in [-0.39, 0.29) is 24.2 Å². The highest BCUT2D eigenvalue weighted by Crippen LogP contribution is 2.35. The second kappa shape index (κ2) is 12.0. The maximum absolute atomic E-state index is 13.7. The second-order valence-corrected chi connectivity index (χ2v) is 10.3. The highest BCUT2D eigenvalue weighted by Gasteiger charge is 2.35. The molecule has 3 aliphatic rings. The first-order valence-electron chi connectivity index (χ1n) is 13.7. The molecule has 0 saturated carbocycles. The van der Waals surface area contributed by atoms with E-state index in [1.165, 1.54) is 12.8 Å². The number of rotatable bonds is 9. The van der Waals surface area contributed by atoms with Gasteiger partial charge in [0.2, 0.25) is 11.9 Å². The molecule has 1 amide bonds. The lowest BCUT2D eigenvalue weighted by molar-refractivity contribution is -0.137. The van der Waals surface area contributed by atoms with Gasteiger partial charge in [-0.15, -0.1) is 0 Å². The average Bonchev–Trinajstić information content (AvgIpc) is 3.11. The number of ether oxygens (including phenoxy) is 1. The van der Waals surface area contributed by atoms with Crippen LogP contribution in [-0.2, 0) is 22.1 Å². The Labute approximate surface area is 226 Å². The number of benzene rings is 1. The van der Waals surface area contributed by atoms with Crippen LogP contribution in [-0.4, -0.2) is 78.8 Å². The number of hydrogen-bond donors (Lipinski definition) is 3. The smallest absolute Gasteiger partial charge is 0.379 e. The van der Waals surface area contributed by atoms with E-state index >= 15 is 0 Å². The zero-order valence-corrected chi connectivity index (χ0v) is 22.2. The minimum Gasteiger partial charge on any atom is -0.379 e. The van der Waals surface area contributed by atoms with Gasteiger partial charge in [0.15, 0.2) is 0 Å². The monoisotopic (exact) mass is 547 g/mol. The molecule has 3 fully saturated rings. The summed E-state index contributed by atoms with van der Waals surface area (Å²) >= 11 is 0. The number of nitrogens with one attached hydrogen (secondary N) is 3. The number of aryl methyl sites for hydroxylation is 1. The molecule has 0 spiro atoms. The molecule has 2 bridgehead atoms. The standard InChI is InChI=1S/C27H36F3N7O2/c1-2-18-14-21(37-16-19-4-5-20(17-37)33-19)6-7-23(18)34-26-32-15-22(27(28,29)30)25(35-26)31-9-3-10-36-11-13-39-12-8-24(36)38/h6-7,14-15,19-20,33H,2-5,8-13,16-17H2,1H3,(H2,31,32,34,35)/t19-,20+. The van der Waals surface area contributed by atoms with Gasteiger partial charge in [-0.1, -0.05) is 6.92 Å². The number of hydrogen-bond acceptors (Lipinski definition) is 8. The van der Waals surface area contributed by atoms with Gasteiger partial charge in [-0.05, 0) is 49.4 Å². The maximum Gasteiger partial charge on any atom is 0.421 e. The topological polar surface area (TPSA) is 94.6 Å². The minimum absolute atomic E-state index is 0.000870. The highest BCUT2D eigenvalue weighted by atomic mass is 19.4. The lowest BCUT2D eigenvalue weighted by atomic mass is 10.1. The van der Waals surface area contributed by atoms with Crippen LogP contribution in [0.5, 0.6) is 0 Å². The summed E-state index contributed by atoms with van der Waals surface area (Å²) in [6.07, 6.45) is 0.167. The molecule has 2 atom stereocenters. The van der Waals surface area contributed by atoms with Gasteiger partial charge in [0, 0.05) is 62.4 Å². The molecule has 39 heavy (non-hydrogen) atoms. The number of nitrogens with zero attached hydrogens (tertiary/aromatic N) is 4. The number of aromatic nitrogens is 2. The number of halogens is 3. The fourth-order valence-electron chi connectivity index (χ4n) is 5.54. The number of anilines is 4. The molecule has 0 aliphatic carbocycles. The summed E-state index contributed by atoms with van der Waals surface area (Å²) in [4.78, 5) is 24.4. The molecule has 9 nitrogen and oxygen atoms in total. The molecule has 3 aliphatic heterocycles. The zero-order valence-electron chi connectivity index (χ0n) is 22.2. The predicted octanol–water partition coefficient (Wildman–Crippen LogP) is 3.79. The quantitative estimate of drug-likeness (QED) is 0.409. The molecule has 12 heteroatoms. The van der Waals surface area contributed by atoms with Gasteiger partial charge in [-0.2, -0.15) is 18.2 Å². The van der Waals surface area contributed by atoms with E-state index in [1.54, 1.807) is 4.90 Å². The van der Waals surface area contributed by atoms with E-state index in [1.807, 2.05) is 19.1 Å². The Morgan fingerprint density at radius 1 is 1.18 bits per heavy atom. The van der Waals surface area contributed by atoms with Crippen LogP contribution in [0.15, 0.2) is 24.4 Å². The molecule has 4 heterocycles. The van der Waals surface area contributed by atoms with E-state index in [0.717, 1.165) is 42.6 Å². The van der Waals surface area contributed by atoms with Crippen molar-refractivity contribution >= 4 is 29.0 Å². The molecule has 3 saturated heterocycles. The van der Waals surface area contributed by atoms with Crippen LogP contribution in [0.3, 0.4) is 0 Å². The molecule has 0 unspecified atom stereocenters. The van der Waals surface area contributed by atoms with Crippen molar-refractivity contribution in [3.8, 4) is 0 Å². The third-order valence-electron chi connectivity index (χ3n) is 7.61. The van der Waals surface area contributed by atoms with Crippen LogP contribution in [0.4, 0.5) is 36.3 Å². The largest absolute Gasteiger partial charge is 0.421 e. The summed E-state index contributed by atoms with van der Waals surface area (Å²) in [5, 5.41) is 9.59. The molecule has 3 N–H and O–H groups in total. The molecule has 212 valence electrons. The SMILES string of the molecule is CCc1cc(N2C[C@H]3CC[C@@H](C2)N3)ccc1Nc1ncc(C(F)(F)F)c(NCCCN2CCOCCC2=O)n1. The predicted molar refractivity (Wildman–Crippen MR) is 143 cm³/mol. The van der Waals surface area contributed by atoms with Crippen molar-refractivity contribution in [3.63, 3.8) is 0 Å². The van der Waals surface area contributed by atoms with E-state index in [4.69, 9.17) is 4.74 Å². The molecular weight excluding hydrogens is 511 g/mol. The third kappa shape index (κ3) is 6.73. The maximum atomic E-state index is 13.7. The lowest BCUT2D eigenvalue weighted by Crippen LogP contribution is -2.51. The summed E-state index contributed by atoms with van der Waals surface area (Å²) in [5.74, 6) is -0.191. The molecule has 1 aromatic heterocycles. The zero-order chi connectivity index (χ0) is 27.4. The van der Waals surface area contributed by atoms with E-state index < -0.39 is 11.7 Å². The summed E-state index contributed by atoms with van der Waals surface area (Å²) in [7, 11) is 0. The molecule has 1 aromatic carbocycles. The van der Waals surface area contributed by atoms with Gasteiger partial charge in [-0.3, -0.25) is 4.79 Å². The first-order chi connectivity index (χ1) is 18.8. The Hall–Kier alpha value is -3.12. The Kier molecular flexibility index (Phi) is 8.41.